The molecule has 1 saturated carbocycles. The smallest absolute Gasteiger partial charge is 0.224 e. The number of carbonyl (C=O) groups excluding carboxylic acids is 1. The van der Waals surface area contributed by atoms with Crippen LogP contribution in [0.15, 0.2) is 18.2 Å². The summed E-state index contributed by atoms with van der Waals surface area (Å²) >= 11 is 0. The van der Waals surface area contributed by atoms with Gasteiger partial charge < -0.3 is 20.5 Å². The number of hydrogen-bond donors (Lipinski definition) is 2. The molecule has 0 saturated heterocycles. The first-order chi connectivity index (χ1) is 9.56. The van der Waals surface area contributed by atoms with Crippen molar-refractivity contribution < 1.29 is 14.3 Å². The van der Waals surface area contributed by atoms with E-state index in [-0.39, 0.29) is 23.9 Å². The van der Waals surface area contributed by atoms with E-state index in [1.54, 1.807) is 20.3 Å². The van der Waals surface area contributed by atoms with Gasteiger partial charge in [-0.1, -0.05) is 6.07 Å². The van der Waals surface area contributed by atoms with E-state index in [0.717, 1.165) is 24.8 Å². The maximum absolute atomic E-state index is 11.9. The molecule has 0 unspecified atom stereocenters. The van der Waals surface area contributed by atoms with Crippen LogP contribution in [-0.2, 0) is 11.2 Å². The summed E-state index contributed by atoms with van der Waals surface area (Å²) in [7, 11) is 3.17. The van der Waals surface area contributed by atoms with Crippen molar-refractivity contribution in [2.75, 3.05) is 20.8 Å². The van der Waals surface area contributed by atoms with E-state index in [2.05, 4.69) is 5.32 Å². The molecule has 1 aliphatic rings. The van der Waals surface area contributed by atoms with Gasteiger partial charge in [-0.25, -0.2) is 0 Å². The molecule has 0 aliphatic heterocycles. The lowest BCUT2D eigenvalue weighted by Crippen LogP contribution is -2.55. The zero-order valence-corrected chi connectivity index (χ0v) is 13.3. The number of methoxy groups -OCH3 is 2. The number of rotatable bonds is 6. The maximum Gasteiger partial charge on any atom is 0.224 e. The van der Waals surface area contributed by atoms with E-state index in [1.807, 2.05) is 12.1 Å². The minimum atomic E-state index is -0.187. The Morgan fingerprint density at radius 3 is 2.48 bits per heavy atom. The second-order valence-electron chi connectivity index (χ2n) is 5.36. The Hall–Kier alpha value is -1.46. The van der Waals surface area contributed by atoms with Crippen molar-refractivity contribution in [3.05, 3.63) is 23.8 Å². The number of ether oxygens (including phenoxy) is 2. The summed E-state index contributed by atoms with van der Waals surface area (Å²) in [5.74, 6) is 1.27. The van der Waals surface area contributed by atoms with Crippen LogP contribution in [0.4, 0.5) is 0 Å². The van der Waals surface area contributed by atoms with Crippen LogP contribution in [0.5, 0.6) is 11.5 Å². The number of nitrogens with two attached hydrogens (primary N) is 1. The second-order valence-corrected chi connectivity index (χ2v) is 5.36. The molecule has 6 heteroatoms. The van der Waals surface area contributed by atoms with Crippen molar-refractivity contribution >= 4 is 18.3 Å². The third-order valence-electron chi connectivity index (χ3n) is 3.80. The van der Waals surface area contributed by atoms with Crippen molar-refractivity contribution in [1.82, 2.24) is 5.32 Å². The molecule has 2 rings (SSSR count). The van der Waals surface area contributed by atoms with E-state index in [1.165, 1.54) is 0 Å². The molecule has 3 N–H and O–H groups in total. The molecule has 1 aromatic carbocycles. The molecule has 0 bridgehead atoms. The molecule has 0 heterocycles. The Balaban J connectivity index is 0.00000220. The van der Waals surface area contributed by atoms with Gasteiger partial charge in [0.05, 0.1) is 20.6 Å². The second kappa shape index (κ2) is 7.52. The van der Waals surface area contributed by atoms with Gasteiger partial charge in [0.25, 0.3) is 0 Å². The standard InChI is InChI=1S/C15H22N2O3.ClH/c1-19-12-5-4-11(8-13(12)20-2)9-14(18)17-10-15(16)6-3-7-15;/h4-5,8H,3,6-7,9-10,16H2,1-2H3,(H,17,18);1H. The summed E-state index contributed by atoms with van der Waals surface area (Å²) in [5.41, 5.74) is 6.78. The van der Waals surface area contributed by atoms with Gasteiger partial charge in [0.15, 0.2) is 11.5 Å². The molecule has 0 atom stereocenters. The van der Waals surface area contributed by atoms with Crippen LogP contribution >= 0.6 is 12.4 Å². The summed E-state index contributed by atoms with van der Waals surface area (Å²) in [6, 6.07) is 5.49. The van der Waals surface area contributed by atoms with E-state index >= 15 is 0 Å². The summed E-state index contributed by atoms with van der Waals surface area (Å²) < 4.78 is 10.4. The Bertz CT molecular complexity index is 490. The number of benzene rings is 1. The van der Waals surface area contributed by atoms with Crippen LogP contribution in [0.3, 0.4) is 0 Å². The molecule has 0 aromatic heterocycles. The van der Waals surface area contributed by atoms with Crippen molar-refractivity contribution in [1.29, 1.82) is 0 Å². The molecule has 1 amide bonds. The van der Waals surface area contributed by atoms with E-state index in [9.17, 15) is 4.79 Å². The molecule has 1 aromatic rings. The van der Waals surface area contributed by atoms with E-state index in [0.29, 0.717) is 24.5 Å². The average Bonchev–Trinajstić information content (AvgIpc) is 2.43. The molecule has 0 radical (unpaired) electrons. The first-order valence-electron chi connectivity index (χ1n) is 6.83. The van der Waals surface area contributed by atoms with Gasteiger partial charge >= 0.3 is 0 Å². The molecule has 21 heavy (non-hydrogen) atoms. The van der Waals surface area contributed by atoms with Crippen molar-refractivity contribution in [2.24, 2.45) is 5.73 Å². The molecular weight excluding hydrogens is 292 g/mol. The van der Waals surface area contributed by atoms with Crippen LogP contribution in [0.1, 0.15) is 24.8 Å². The molecule has 5 nitrogen and oxygen atoms in total. The van der Waals surface area contributed by atoms with Gasteiger partial charge in [-0.05, 0) is 37.0 Å². The topological polar surface area (TPSA) is 73.6 Å². The third kappa shape index (κ3) is 4.51. The van der Waals surface area contributed by atoms with E-state index in [4.69, 9.17) is 15.2 Å². The molecule has 118 valence electrons. The van der Waals surface area contributed by atoms with Gasteiger partial charge in [0.1, 0.15) is 0 Å². The quantitative estimate of drug-likeness (QED) is 0.837. The van der Waals surface area contributed by atoms with Gasteiger partial charge in [0.2, 0.25) is 5.91 Å². The fourth-order valence-corrected chi connectivity index (χ4v) is 2.32. The van der Waals surface area contributed by atoms with Gasteiger partial charge in [-0.3, -0.25) is 4.79 Å². The predicted molar refractivity (Wildman–Crippen MR) is 84.3 cm³/mol. The SMILES string of the molecule is COc1ccc(CC(=O)NCC2(N)CCC2)cc1OC.Cl. The summed E-state index contributed by atoms with van der Waals surface area (Å²) in [6.45, 7) is 0.555. The zero-order valence-electron chi connectivity index (χ0n) is 12.5. The molecule has 1 fully saturated rings. The summed E-state index contributed by atoms with van der Waals surface area (Å²) in [5, 5.41) is 2.90. The van der Waals surface area contributed by atoms with Crippen LogP contribution in [0.25, 0.3) is 0 Å². The highest BCUT2D eigenvalue weighted by atomic mass is 35.5. The fraction of sp³-hybridized carbons (Fsp3) is 0.533. The number of carbonyl (C=O) groups is 1. The largest absolute Gasteiger partial charge is 0.493 e. The highest BCUT2D eigenvalue weighted by Gasteiger charge is 2.32. The average molecular weight is 315 g/mol. The Labute approximate surface area is 131 Å². The van der Waals surface area contributed by atoms with Crippen LogP contribution in [0.2, 0.25) is 0 Å². The van der Waals surface area contributed by atoms with Crippen molar-refractivity contribution in [3.63, 3.8) is 0 Å². The highest BCUT2D eigenvalue weighted by Crippen LogP contribution is 2.29. The first kappa shape index (κ1) is 17.6. The normalized spacial score (nSPS) is 15.4. The van der Waals surface area contributed by atoms with Crippen LogP contribution in [0, 0.1) is 0 Å². The van der Waals surface area contributed by atoms with Gasteiger partial charge in [0, 0.05) is 12.1 Å². The minimum absolute atomic E-state index is 0. The minimum Gasteiger partial charge on any atom is -0.493 e. The first-order valence-corrected chi connectivity index (χ1v) is 6.83. The maximum atomic E-state index is 11.9. The van der Waals surface area contributed by atoms with Crippen LogP contribution < -0.4 is 20.5 Å². The van der Waals surface area contributed by atoms with Gasteiger partial charge in [-0.2, -0.15) is 0 Å². The zero-order chi connectivity index (χ0) is 14.6. The molecular formula is C15H23ClN2O3. The lowest BCUT2D eigenvalue weighted by atomic mass is 9.78. The number of hydrogen-bond acceptors (Lipinski definition) is 4. The number of nitrogens with one attached hydrogen (secondary N) is 1. The molecule has 1 aliphatic carbocycles. The van der Waals surface area contributed by atoms with Crippen molar-refractivity contribution in [2.45, 2.75) is 31.2 Å². The monoisotopic (exact) mass is 314 g/mol. The lowest BCUT2D eigenvalue weighted by Gasteiger charge is -2.38. The lowest BCUT2D eigenvalue weighted by molar-refractivity contribution is -0.120. The Morgan fingerprint density at radius 2 is 1.95 bits per heavy atom. The number of amides is 1. The van der Waals surface area contributed by atoms with Crippen LogP contribution in [-0.4, -0.2) is 32.2 Å². The highest BCUT2D eigenvalue weighted by molar-refractivity contribution is 5.85. The van der Waals surface area contributed by atoms with Gasteiger partial charge in [-0.15, -0.1) is 12.4 Å². The number of halogens is 1. The Kier molecular flexibility index (Phi) is 6.30. The van der Waals surface area contributed by atoms with Crippen molar-refractivity contribution in [3.8, 4) is 11.5 Å². The third-order valence-corrected chi connectivity index (χ3v) is 3.80. The summed E-state index contributed by atoms with van der Waals surface area (Å²) in [4.78, 5) is 11.9. The molecule has 0 spiro atoms. The van der Waals surface area contributed by atoms with E-state index < -0.39 is 0 Å². The predicted octanol–water partition coefficient (Wildman–Crippen LogP) is 1.67. The summed E-state index contributed by atoms with van der Waals surface area (Å²) in [6.07, 6.45) is 3.45. The Morgan fingerprint density at radius 1 is 1.29 bits per heavy atom. The fourth-order valence-electron chi connectivity index (χ4n) is 2.32.